The van der Waals surface area contributed by atoms with Gasteiger partial charge in [0.2, 0.25) is 0 Å². The number of methoxy groups -OCH3 is 1. The van der Waals surface area contributed by atoms with Gasteiger partial charge in [0, 0.05) is 38.6 Å². The van der Waals surface area contributed by atoms with Crippen molar-refractivity contribution < 1.29 is 19.4 Å². The van der Waals surface area contributed by atoms with Gasteiger partial charge in [-0.1, -0.05) is 5.92 Å². The van der Waals surface area contributed by atoms with E-state index >= 15 is 0 Å². The fourth-order valence-electron chi connectivity index (χ4n) is 4.87. The Kier molecular flexibility index (Phi) is 6.38. The highest BCUT2D eigenvalue weighted by molar-refractivity contribution is 6.23. The molecule has 160 valence electrons. The molecule has 1 unspecified atom stereocenters. The van der Waals surface area contributed by atoms with Crippen LogP contribution in [0.3, 0.4) is 0 Å². The number of hydrogen-bond donors (Lipinski definition) is 1. The zero-order chi connectivity index (χ0) is 22.1. The fraction of sp³-hybridized carbons (Fsp3) is 0.520. The monoisotopic (exact) mass is 409 g/mol. The van der Waals surface area contributed by atoms with Gasteiger partial charge in [-0.2, -0.15) is 0 Å². The number of Topliss-reactive ketones (excluding diaryl/α,β-unsaturated/α-hetero) is 1. The van der Waals surface area contributed by atoms with Crippen molar-refractivity contribution in [2.45, 2.75) is 59.5 Å². The van der Waals surface area contributed by atoms with E-state index in [1.54, 1.807) is 13.8 Å². The van der Waals surface area contributed by atoms with E-state index < -0.39 is 6.10 Å². The van der Waals surface area contributed by atoms with Crippen molar-refractivity contribution in [3.05, 3.63) is 40.1 Å². The number of benzene rings is 1. The highest BCUT2D eigenvalue weighted by Gasteiger charge is 2.44. The minimum atomic E-state index is -0.460. The number of carbonyl (C=O) groups is 2. The van der Waals surface area contributed by atoms with Gasteiger partial charge in [-0.05, 0) is 74.8 Å². The van der Waals surface area contributed by atoms with E-state index in [2.05, 4.69) is 11.8 Å². The summed E-state index contributed by atoms with van der Waals surface area (Å²) in [6.07, 6.45) is 1.84. The number of amides is 1. The van der Waals surface area contributed by atoms with Gasteiger partial charge >= 0.3 is 0 Å². The number of aliphatic hydroxyl groups is 1. The third-order valence-electron chi connectivity index (χ3n) is 6.53. The molecule has 1 N–H and O–H groups in total. The van der Waals surface area contributed by atoms with Crippen LogP contribution < -0.4 is 0 Å². The van der Waals surface area contributed by atoms with E-state index in [0.717, 1.165) is 22.3 Å². The third-order valence-corrected chi connectivity index (χ3v) is 6.53. The average Bonchev–Trinajstić information content (AvgIpc) is 2.69. The van der Waals surface area contributed by atoms with E-state index in [1.165, 1.54) is 7.11 Å². The van der Waals surface area contributed by atoms with Gasteiger partial charge < -0.3 is 14.7 Å². The molecule has 2 aliphatic rings. The largest absolute Gasteiger partial charge is 0.512 e. The van der Waals surface area contributed by atoms with Crippen molar-refractivity contribution in [2.24, 2.45) is 5.41 Å². The quantitative estimate of drug-likeness (QED) is 0.768. The summed E-state index contributed by atoms with van der Waals surface area (Å²) in [6, 6.07) is 3.94. The highest BCUT2D eigenvalue weighted by atomic mass is 16.5. The van der Waals surface area contributed by atoms with Crippen molar-refractivity contribution in [1.29, 1.82) is 0 Å². The number of ketones is 1. The van der Waals surface area contributed by atoms with E-state index in [0.29, 0.717) is 44.3 Å². The van der Waals surface area contributed by atoms with Gasteiger partial charge in [0.1, 0.15) is 11.9 Å². The van der Waals surface area contributed by atoms with Gasteiger partial charge in [-0.25, -0.2) is 0 Å². The Morgan fingerprint density at radius 2 is 1.80 bits per heavy atom. The summed E-state index contributed by atoms with van der Waals surface area (Å²) in [7, 11) is 1.53. The van der Waals surface area contributed by atoms with Crippen LogP contribution in [0.15, 0.2) is 17.9 Å². The lowest BCUT2D eigenvalue weighted by Crippen LogP contribution is -2.48. The maximum Gasteiger partial charge on any atom is 0.251 e. The fourth-order valence-corrected chi connectivity index (χ4v) is 4.87. The SMILES string of the molecule is CC#Cc1cc(C)c(C2=C(O)CC3(CCN(C(=O)C(C)OC)CC3)CC2=O)c(C)c1. The molecule has 1 aliphatic heterocycles. The first-order valence-electron chi connectivity index (χ1n) is 10.5. The summed E-state index contributed by atoms with van der Waals surface area (Å²) >= 11 is 0. The van der Waals surface area contributed by atoms with Crippen molar-refractivity contribution in [1.82, 2.24) is 4.90 Å². The van der Waals surface area contributed by atoms with Gasteiger partial charge in [-0.15, -0.1) is 5.92 Å². The predicted molar refractivity (Wildman–Crippen MR) is 117 cm³/mol. The number of likely N-dealkylation sites (tertiary alicyclic amines) is 1. The minimum absolute atomic E-state index is 0.00990. The molecule has 0 aromatic heterocycles. The Balaban J connectivity index is 1.84. The second-order valence-corrected chi connectivity index (χ2v) is 8.66. The summed E-state index contributed by atoms with van der Waals surface area (Å²) in [5.41, 5.74) is 3.83. The van der Waals surface area contributed by atoms with Crippen LogP contribution in [0.25, 0.3) is 5.57 Å². The Morgan fingerprint density at radius 1 is 1.20 bits per heavy atom. The Hall–Kier alpha value is -2.58. The minimum Gasteiger partial charge on any atom is -0.512 e. The molecule has 1 spiro atoms. The number of piperidine rings is 1. The third kappa shape index (κ3) is 4.15. The molecule has 0 radical (unpaired) electrons. The van der Waals surface area contributed by atoms with Crippen LogP contribution in [0.1, 0.15) is 61.8 Å². The zero-order valence-corrected chi connectivity index (χ0v) is 18.6. The molecule has 1 fully saturated rings. The van der Waals surface area contributed by atoms with Crippen molar-refractivity contribution >= 4 is 17.3 Å². The van der Waals surface area contributed by atoms with Crippen LogP contribution >= 0.6 is 0 Å². The van der Waals surface area contributed by atoms with Crippen LogP contribution in [0.4, 0.5) is 0 Å². The number of hydrogen-bond acceptors (Lipinski definition) is 4. The Bertz CT molecular complexity index is 932. The van der Waals surface area contributed by atoms with E-state index in [9.17, 15) is 14.7 Å². The molecule has 5 heteroatoms. The summed E-state index contributed by atoms with van der Waals surface area (Å²) in [5.74, 6) is 6.11. The summed E-state index contributed by atoms with van der Waals surface area (Å²) in [6.45, 7) is 8.64. The van der Waals surface area contributed by atoms with E-state index in [1.807, 2.05) is 30.9 Å². The van der Waals surface area contributed by atoms with E-state index in [-0.39, 0.29) is 22.9 Å². The smallest absolute Gasteiger partial charge is 0.251 e. The van der Waals surface area contributed by atoms with Crippen LogP contribution in [-0.4, -0.2) is 48.0 Å². The number of carbonyl (C=O) groups excluding carboxylic acids is 2. The second-order valence-electron chi connectivity index (χ2n) is 8.66. The molecule has 30 heavy (non-hydrogen) atoms. The Labute approximate surface area is 179 Å². The molecule has 1 aliphatic carbocycles. The molecule has 1 heterocycles. The molecule has 1 amide bonds. The van der Waals surface area contributed by atoms with E-state index in [4.69, 9.17) is 4.74 Å². The summed E-state index contributed by atoms with van der Waals surface area (Å²) in [5, 5.41) is 11.0. The molecule has 0 saturated carbocycles. The van der Waals surface area contributed by atoms with Crippen LogP contribution in [-0.2, 0) is 14.3 Å². The van der Waals surface area contributed by atoms with Crippen LogP contribution in [0.5, 0.6) is 0 Å². The maximum absolute atomic E-state index is 13.2. The number of ether oxygens (including phenoxy) is 1. The topological polar surface area (TPSA) is 66.8 Å². The number of rotatable bonds is 3. The average molecular weight is 410 g/mol. The molecule has 5 nitrogen and oxygen atoms in total. The van der Waals surface area contributed by atoms with Gasteiger partial charge in [-0.3, -0.25) is 9.59 Å². The molecule has 0 bridgehead atoms. The summed E-state index contributed by atoms with van der Waals surface area (Å²) < 4.78 is 5.14. The summed E-state index contributed by atoms with van der Waals surface area (Å²) in [4.78, 5) is 27.4. The standard InChI is InChI=1S/C25H31NO4/c1-6-7-19-12-16(2)22(17(3)13-19)23-20(27)14-25(15-21(23)28)8-10-26(11-9-25)24(29)18(4)30-5/h12-13,18,27H,8-11,14-15H2,1-5H3. The van der Waals surface area contributed by atoms with Crippen LogP contribution in [0.2, 0.25) is 0 Å². The second kappa shape index (κ2) is 8.65. The molecular weight excluding hydrogens is 378 g/mol. The number of aryl methyl sites for hydroxylation is 2. The van der Waals surface area contributed by atoms with Crippen molar-refractivity contribution in [2.75, 3.05) is 20.2 Å². The lowest BCUT2D eigenvalue weighted by molar-refractivity contribution is -0.143. The molecular formula is C25H31NO4. The normalized spacial score (nSPS) is 19.5. The van der Waals surface area contributed by atoms with Gasteiger partial charge in [0.15, 0.2) is 5.78 Å². The molecule has 1 saturated heterocycles. The van der Waals surface area contributed by atoms with Gasteiger partial charge in [0.25, 0.3) is 5.91 Å². The van der Waals surface area contributed by atoms with Crippen molar-refractivity contribution in [3.63, 3.8) is 0 Å². The van der Waals surface area contributed by atoms with Crippen molar-refractivity contribution in [3.8, 4) is 11.8 Å². The highest BCUT2D eigenvalue weighted by Crippen LogP contribution is 2.47. The first kappa shape index (κ1) is 22.1. The lowest BCUT2D eigenvalue weighted by atomic mass is 9.66. The zero-order valence-electron chi connectivity index (χ0n) is 18.6. The molecule has 1 aromatic rings. The first-order valence-corrected chi connectivity index (χ1v) is 10.5. The number of allylic oxidation sites excluding steroid dienone is 2. The molecule has 1 aromatic carbocycles. The lowest BCUT2D eigenvalue weighted by Gasteiger charge is -2.44. The predicted octanol–water partition coefficient (Wildman–Crippen LogP) is 3.95. The Morgan fingerprint density at radius 3 is 2.30 bits per heavy atom. The number of aliphatic hydroxyl groups excluding tert-OH is 1. The van der Waals surface area contributed by atoms with Gasteiger partial charge in [0.05, 0.1) is 5.57 Å². The molecule has 1 atom stereocenters. The van der Waals surface area contributed by atoms with Crippen LogP contribution in [0, 0.1) is 31.1 Å². The molecule has 3 rings (SSSR count). The number of nitrogens with zero attached hydrogens (tertiary/aromatic N) is 1. The first-order chi connectivity index (χ1) is 14.2. The maximum atomic E-state index is 13.2.